The van der Waals surface area contributed by atoms with E-state index < -0.39 is 0 Å². The van der Waals surface area contributed by atoms with Crippen LogP contribution in [0.15, 0.2) is 55.1 Å². The molecule has 1 aliphatic heterocycles. The van der Waals surface area contributed by atoms with Crippen molar-refractivity contribution in [3.63, 3.8) is 0 Å². The van der Waals surface area contributed by atoms with Crippen LogP contribution in [0, 0.1) is 0 Å². The van der Waals surface area contributed by atoms with Gasteiger partial charge in [0.25, 0.3) is 0 Å². The summed E-state index contributed by atoms with van der Waals surface area (Å²) in [7, 11) is 2.33. The van der Waals surface area contributed by atoms with E-state index in [2.05, 4.69) is 74.2 Å². The zero-order valence-corrected chi connectivity index (χ0v) is 14.1. The molecule has 1 aliphatic rings. The third-order valence-electron chi connectivity index (χ3n) is 4.63. The fraction of sp³-hybridized carbons (Fsp3) is 0.333. The molecule has 0 spiro atoms. The minimum atomic E-state index is 0.933. The van der Waals surface area contributed by atoms with Gasteiger partial charge in [-0.3, -0.25) is 0 Å². The first-order chi connectivity index (χ1) is 11.3. The lowest BCUT2D eigenvalue weighted by Crippen LogP contribution is -2.23. The molecule has 0 N–H and O–H groups in total. The first kappa shape index (κ1) is 15.9. The van der Waals surface area contributed by atoms with E-state index in [0.717, 1.165) is 18.8 Å². The average Bonchev–Trinajstić information content (AvgIpc) is 3.06. The Morgan fingerprint density at radius 2 is 2.00 bits per heavy atom. The minimum Gasteiger partial charge on any atom is -0.367 e. The third-order valence-corrected chi connectivity index (χ3v) is 4.63. The van der Waals surface area contributed by atoms with Gasteiger partial charge in [0.05, 0.1) is 0 Å². The third kappa shape index (κ3) is 3.87. The molecular weight excluding hydrogens is 277 g/mol. The summed E-state index contributed by atoms with van der Waals surface area (Å²) >= 11 is 0. The Morgan fingerprint density at radius 3 is 2.78 bits per heavy atom. The Hall–Kier alpha value is -1.96. The van der Waals surface area contributed by atoms with E-state index in [4.69, 9.17) is 0 Å². The summed E-state index contributed by atoms with van der Waals surface area (Å²) in [6.45, 7) is 8.66. The van der Waals surface area contributed by atoms with Crippen LogP contribution in [0.4, 0.5) is 0 Å². The summed E-state index contributed by atoms with van der Waals surface area (Å²) < 4.78 is 0. The van der Waals surface area contributed by atoms with Gasteiger partial charge in [-0.1, -0.05) is 85.8 Å². The first-order valence-corrected chi connectivity index (χ1v) is 8.72. The quantitative estimate of drug-likeness (QED) is 0.691. The fourth-order valence-electron chi connectivity index (χ4n) is 3.23. The Labute approximate surface area is 141 Å². The standard InChI is InChI=1S/C21H25BN/c1-3-4-14-23(16-18-8-6-5-7-9-18)17(2)19-10-11-21-20(15-19)12-13-22-21/h5-11,15H,2-4,12-14,16H2,1H3. The molecule has 0 amide bonds. The molecule has 0 aliphatic carbocycles. The van der Waals surface area contributed by atoms with Crippen LogP contribution >= 0.6 is 0 Å². The summed E-state index contributed by atoms with van der Waals surface area (Å²) in [5.41, 5.74) is 6.64. The summed E-state index contributed by atoms with van der Waals surface area (Å²) in [6.07, 6.45) is 4.75. The van der Waals surface area contributed by atoms with Crippen LogP contribution < -0.4 is 5.46 Å². The van der Waals surface area contributed by atoms with Crippen molar-refractivity contribution >= 4 is 18.4 Å². The molecule has 2 heteroatoms. The number of aryl methyl sites for hydroxylation is 1. The highest BCUT2D eigenvalue weighted by atomic mass is 15.1. The van der Waals surface area contributed by atoms with Gasteiger partial charge in [0, 0.05) is 18.8 Å². The van der Waals surface area contributed by atoms with Gasteiger partial charge in [-0.15, -0.1) is 0 Å². The molecule has 117 valence electrons. The number of hydrogen-bond acceptors (Lipinski definition) is 1. The maximum Gasteiger partial charge on any atom is 0.152 e. The summed E-state index contributed by atoms with van der Waals surface area (Å²) in [5.74, 6) is 0. The molecule has 23 heavy (non-hydrogen) atoms. The van der Waals surface area contributed by atoms with Crippen molar-refractivity contribution in [1.82, 2.24) is 4.90 Å². The molecular formula is C21H25BN. The molecule has 0 atom stereocenters. The second-order valence-corrected chi connectivity index (χ2v) is 6.36. The van der Waals surface area contributed by atoms with E-state index in [-0.39, 0.29) is 0 Å². The maximum absolute atomic E-state index is 4.42. The predicted octanol–water partition coefficient (Wildman–Crippen LogP) is 4.26. The van der Waals surface area contributed by atoms with Crippen LogP contribution in [0.3, 0.4) is 0 Å². The first-order valence-electron chi connectivity index (χ1n) is 8.72. The fourth-order valence-corrected chi connectivity index (χ4v) is 3.23. The van der Waals surface area contributed by atoms with E-state index in [1.807, 2.05) is 0 Å². The van der Waals surface area contributed by atoms with Crippen molar-refractivity contribution in [2.24, 2.45) is 0 Å². The van der Waals surface area contributed by atoms with Gasteiger partial charge < -0.3 is 4.90 Å². The Bertz CT molecular complexity index is 663. The molecule has 0 aromatic heterocycles. The highest BCUT2D eigenvalue weighted by Gasteiger charge is 2.15. The Morgan fingerprint density at radius 1 is 1.17 bits per heavy atom. The van der Waals surface area contributed by atoms with E-state index in [0.29, 0.717) is 0 Å². The molecule has 2 aromatic rings. The SMILES string of the molecule is C=C(c1ccc2c(c1)CC[B]2)N(CCCC)Cc1ccccc1. The van der Waals surface area contributed by atoms with Gasteiger partial charge in [-0.25, -0.2) is 0 Å². The molecule has 2 aromatic carbocycles. The van der Waals surface area contributed by atoms with Crippen molar-refractivity contribution in [2.45, 2.75) is 39.1 Å². The van der Waals surface area contributed by atoms with Crippen LogP contribution in [0.1, 0.15) is 36.5 Å². The van der Waals surface area contributed by atoms with Crippen LogP contribution in [-0.2, 0) is 13.0 Å². The normalized spacial score (nSPS) is 12.6. The topological polar surface area (TPSA) is 3.24 Å². The lowest BCUT2D eigenvalue weighted by atomic mass is 9.72. The second-order valence-electron chi connectivity index (χ2n) is 6.36. The van der Waals surface area contributed by atoms with Crippen LogP contribution in [-0.4, -0.2) is 18.7 Å². The number of rotatable bonds is 7. The van der Waals surface area contributed by atoms with Gasteiger partial charge in [-0.05, 0) is 24.0 Å². The zero-order chi connectivity index (χ0) is 16.1. The number of nitrogens with zero attached hydrogens (tertiary/aromatic N) is 1. The van der Waals surface area contributed by atoms with Gasteiger partial charge in [0.15, 0.2) is 7.28 Å². The van der Waals surface area contributed by atoms with Crippen LogP contribution in [0.25, 0.3) is 5.70 Å². The van der Waals surface area contributed by atoms with Crippen molar-refractivity contribution in [2.75, 3.05) is 6.54 Å². The minimum absolute atomic E-state index is 0.933. The van der Waals surface area contributed by atoms with Crippen molar-refractivity contribution < 1.29 is 0 Å². The second kappa shape index (κ2) is 7.54. The highest BCUT2D eigenvalue weighted by molar-refractivity contribution is 6.55. The van der Waals surface area contributed by atoms with Crippen molar-refractivity contribution in [1.29, 1.82) is 0 Å². The number of hydrogen-bond donors (Lipinski definition) is 0. The molecule has 0 saturated carbocycles. The molecule has 1 nitrogen and oxygen atoms in total. The highest BCUT2D eigenvalue weighted by Crippen LogP contribution is 2.23. The lowest BCUT2D eigenvalue weighted by molar-refractivity contribution is 0.382. The van der Waals surface area contributed by atoms with Crippen molar-refractivity contribution in [3.05, 3.63) is 71.8 Å². The number of benzene rings is 2. The monoisotopic (exact) mass is 302 g/mol. The smallest absolute Gasteiger partial charge is 0.152 e. The molecule has 3 rings (SSSR count). The summed E-state index contributed by atoms with van der Waals surface area (Å²) in [5, 5.41) is 0. The van der Waals surface area contributed by atoms with E-state index >= 15 is 0 Å². The summed E-state index contributed by atoms with van der Waals surface area (Å²) in [6, 6.07) is 17.5. The van der Waals surface area contributed by atoms with Gasteiger partial charge in [0.1, 0.15) is 0 Å². The molecule has 0 saturated heterocycles. The Kier molecular flexibility index (Phi) is 5.22. The average molecular weight is 302 g/mol. The summed E-state index contributed by atoms with van der Waals surface area (Å²) in [4.78, 5) is 2.43. The van der Waals surface area contributed by atoms with Crippen LogP contribution in [0.5, 0.6) is 0 Å². The number of fused-ring (bicyclic) bond motifs is 1. The predicted molar refractivity (Wildman–Crippen MR) is 101 cm³/mol. The molecule has 0 bridgehead atoms. The maximum atomic E-state index is 4.42. The van der Waals surface area contributed by atoms with Gasteiger partial charge >= 0.3 is 0 Å². The van der Waals surface area contributed by atoms with E-state index in [1.165, 1.54) is 47.7 Å². The van der Waals surface area contributed by atoms with Crippen LogP contribution in [0.2, 0.25) is 6.32 Å². The van der Waals surface area contributed by atoms with Gasteiger partial charge in [0.2, 0.25) is 0 Å². The lowest BCUT2D eigenvalue weighted by Gasteiger charge is -2.27. The van der Waals surface area contributed by atoms with Gasteiger partial charge in [-0.2, -0.15) is 0 Å². The molecule has 0 fully saturated rings. The van der Waals surface area contributed by atoms with E-state index in [9.17, 15) is 0 Å². The largest absolute Gasteiger partial charge is 0.367 e. The zero-order valence-electron chi connectivity index (χ0n) is 14.1. The van der Waals surface area contributed by atoms with E-state index in [1.54, 1.807) is 0 Å². The Balaban J connectivity index is 1.79. The molecule has 1 radical (unpaired) electrons. The molecule has 0 unspecified atom stereocenters. The van der Waals surface area contributed by atoms with Crippen molar-refractivity contribution in [3.8, 4) is 0 Å². The molecule has 1 heterocycles. The number of unbranched alkanes of at least 4 members (excludes halogenated alkanes) is 1.